The van der Waals surface area contributed by atoms with Gasteiger partial charge in [-0.1, -0.05) is 29.8 Å². The third-order valence-corrected chi connectivity index (χ3v) is 2.97. The number of hydrogen-bond donors (Lipinski definition) is 1. The van der Waals surface area contributed by atoms with Crippen molar-refractivity contribution in [3.63, 3.8) is 0 Å². The predicted molar refractivity (Wildman–Crippen MR) is 73.7 cm³/mol. The molecule has 0 aromatic heterocycles. The Hall–Kier alpha value is -1.84. The summed E-state index contributed by atoms with van der Waals surface area (Å²) < 4.78 is 0. The van der Waals surface area contributed by atoms with Crippen LogP contribution in [0.4, 0.5) is 0 Å². The molecule has 0 saturated heterocycles. The molecule has 0 aliphatic carbocycles. The lowest BCUT2D eigenvalue weighted by Gasteiger charge is -2.27. The van der Waals surface area contributed by atoms with Crippen LogP contribution in [-0.2, 0) is 16.1 Å². The molecule has 1 N–H and O–H groups in total. The van der Waals surface area contributed by atoms with Crippen LogP contribution >= 0.6 is 0 Å². The summed E-state index contributed by atoms with van der Waals surface area (Å²) in [4.78, 5) is 24.3. The molecule has 4 heteroatoms. The van der Waals surface area contributed by atoms with E-state index in [0.29, 0.717) is 6.54 Å². The lowest BCUT2D eigenvalue weighted by molar-refractivity contribution is -0.141. The topological polar surface area (TPSA) is 57.6 Å². The van der Waals surface area contributed by atoms with Crippen LogP contribution in [0.1, 0.15) is 37.8 Å². The molecular weight excluding hydrogens is 242 g/mol. The number of benzene rings is 1. The van der Waals surface area contributed by atoms with Crippen LogP contribution in [0.15, 0.2) is 24.3 Å². The number of aryl methyl sites for hydroxylation is 1. The summed E-state index contributed by atoms with van der Waals surface area (Å²) in [5.74, 6) is -1.05. The minimum atomic E-state index is -0.938. The third kappa shape index (κ3) is 5.12. The number of hydrogen-bond acceptors (Lipinski definition) is 2. The molecule has 0 saturated carbocycles. The van der Waals surface area contributed by atoms with Gasteiger partial charge in [-0.2, -0.15) is 0 Å². The minimum Gasteiger partial charge on any atom is -0.481 e. The average Bonchev–Trinajstić information content (AvgIpc) is 2.34. The summed E-state index contributed by atoms with van der Waals surface area (Å²) in [5, 5.41) is 8.63. The molecule has 0 aliphatic heterocycles. The summed E-state index contributed by atoms with van der Waals surface area (Å²) in [6, 6.07) is 8.07. The third-order valence-electron chi connectivity index (χ3n) is 2.97. The van der Waals surface area contributed by atoms with E-state index in [0.717, 1.165) is 5.56 Å². The van der Waals surface area contributed by atoms with Gasteiger partial charge < -0.3 is 10.0 Å². The fourth-order valence-electron chi connectivity index (χ4n) is 1.81. The van der Waals surface area contributed by atoms with Gasteiger partial charge in [0.15, 0.2) is 0 Å². The Morgan fingerprint density at radius 3 is 2.21 bits per heavy atom. The van der Waals surface area contributed by atoms with Crippen molar-refractivity contribution in [3.8, 4) is 0 Å². The number of carboxylic acid groups (broad SMARTS) is 1. The van der Waals surface area contributed by atoms with E-state index in [1.54, 1.807) is 4.90 Å². The molecule has 0 heterocycles. The van der Waals surface area contributed by atoms with Gasteiger partial charge in [-0.05, 0) is 26.3 Å². The fraction of sp³-hybridized carbons (Fsp3) is 0.467. The highest BCUT2D eigenvalue weighted by Crippen LogP contribution is 2.12. The van der Waals surface area contributed by atoms with E-state index in [2.05, 4.69) is 0 Å². The van der Waals surface area contributed by atoms with Crippen molar-refractivity contribution in [3.05, 3.63) is 35.4 Å². The molecule has 0 aliphatic rings. The first-order valence-electron chi connectivity index (χ1n) is 6.47. The van der Waals surface area contributed by atoms with Crippen LogP contribution in [-0.4, -0.2) is 27.9 Å². The summed E-state index contributed by atoms with van der Waals surface area (Å²) in [6.07, 6.45) is -0.0602. The van der Waals surface area contributed by atoms with Crippen molar-refractivity contribution in [2.75, 3.05) is 0 Å². The number of amides is 1. The van der Waals surface area contributed by atoms with Crippen LogP contribution in [0.25, 0.3) is 0 Å². The molecule has 0 fully saturated rings. The molecular formula is C15H21NO3. The minimum absolute atomic E-state index is 0.0549. The van der Waals surface area contributed by atoms with Gasteiger partial charge in [0.25, 0.3) is 0 Å². The van der Waals surface area contributed by atoms with Crippen molar-refractivity contribution in [2.45, 2.75) is 46.2 Å². The van der Waals surface area contributed by atoms with E-state index < -0.39 is 5.97 Å². The van der Waals surface area contributed by atoms with Crippen LogP contribution in [0.3, 0.4) is 0 Å². The highest BCUT2D eigenvalue weighted by molar-refractivity contribution is 5.80. The molecule has 1 aromatic rings. The molecule has 19 heavy (non-hydrogen) atoms. The summed E-state index contributed by atoms with van der Waals surface area (Å²) >= 11 is 0. The molecule has 4 nitrogen and oxygen atoms in total. The maximum Gasteiger partial charge on any atom is 0.303 e. The Bertz CT molecular complexity index is 437. The van der Waals surface area contributed by atoms with Gasteiger partial charge in [0.05, 0.1) is 6.42 Å². The van der Waals surface area contributed by atoms with E-state index in [9.17, 15) is 9.59 Å². The Labute approximate surface area is 114 Å². The van der Waals surface area contributed by atoms with Crippen molar-refractivity contribution in [1.82, 2.24) is 4.90 Å². The Kier molecular flexibility index (Phi) is 5.55. The van der Waals surface area contributed by atoms with Crippen molar-refractivity contribution in [1.29, 1.82) is 0 Å². The van der Waals surface area contributed by atoms with Crippen molar-refractivity contribution in [2.24, 2.45) is 0 Å². The number of carbonyl (C=O) groups is 2. The second kappa shape index (κ2) is 6.92. The van der Waals surface area contributed by atoms with E-state index in [-0.39, 0.29) is 24.8 Å². The fourth-order valence-corrected chi connectivity index (χ4v) is 1.81. The smallest absolute Gasteiger partial charge is 0.303 e. The molecule has 1 amide bonds. The molecule has 0 atom stereocenters. The van der Waals surface area contributed by atoms with Crippen LogP contribution in [0, 0.1) is 6.92 Å². The first kappa shape index (κ1) is 15.2. The highest BCUT2D eigenvalue weighted by Gasteiger charge is 2.17. The molecule has 0 unspecified atom stereocenters. The zero-order chi connectivity index (χ0) is 14.4. The standard InChI is InChI=1S/C15H21NO3/c1-11(2)16(14(17)8-9-15(18)19)10-13-6-4-12(3)5-7-13/h4-7,11H,8-10H2,1-3H3,(H,18,19). The number of nitrogens with zero attached hydrogens (tertiary/aromatic N) is 1. The molecule has 0 spiro atoms. The second-order valence-electron chi connectivity index (χ2n) is 4.99. The van der Waals surface area contributed by atoms with Crippen LogP contribution in [0.5, 0.6) is 0 Å². The first-order chi connectivity index (χ1) is 8.90. The summed E-state index contributed by atoms with van der Waals surface area (Å²) in [5.41, 5.74) is 2.24. The maximum absolute atomic E-state index is 12.0. The average molecular weight is 263 g/mol. The largest absolute Gasteiger partial charge is 0.481 e. The van der Waals surface area contributed by atoms with Crippen molar-refractivity contribution < 1.29 is 14.7 Å². The van der Waals surface area contributed by atoms with E-state index >= 15 is 0 Å². The van der Waals surface area contributed by atoms with Crippen LogP contribution in [0.2, 0.25) is 0 Å². The lowest BCUT2D eigenvalue weighted by atomic mass is 10.1. The number of carboxylic acids is 1. The van der Waals surface area contributed by atoms with E-state index in [1.165, 1.54) is 5.56 Å². The summed E-state index contributed by atoms with van der Waals surface area (Å²) in [7, 11) is 0. The SMILES string of the molecule is Cc1ccc(CN(C(=O)CCC(=O)O)C(C)C)cc1. The Balaban J connectivity index is 2.69. The van der Waals surface area contributed by atoms with Gasteiger partial charge in [0.1, 0.15) is 0 Å². The number of rotatable bonds is 6. The van der Waals surface area contributed by atoms with Gasteiger partial charge in [-0.15, -0.1) is 0 Å². The number of aliphatic carboxylic acids is 1. The van der Waals surface area contributed by atoms with Gasteiger partial charge >= 0.3 is 5.97 Å². The maximum atomic E-state index is 12.0. The van der Waals surface area contributed by atoms with Crippen molar-refractivity contribution >= 4 is 11.9 Å². The van der Waals surface area contributed by atoms with Gasteiger partial charge in [0, 0.05) is 19.0 Å². The van der Waals surface area contributed by atoms with Crippen LogP contribution < -0.4 is 0 Å². The lowest BCUT2D eigenvalue weighted by Crippen LogP contribution is -2.36. The highest BCUT2D eigenvalue weighted by atomic mass is 16.4. The molecule has 0 radical (unpaired) electrons. The monoisotopic (exact) mass is 263 g/mol. The molecule has 1 rings (SSSR count). The Morgan fingerprint density at radius 1 is 1.16 bits per heavy atom. The quantitative estimate of drug-likeness (QED) is 0.858. The molecule has 104 valence electrons. The van der Waals surface area contributed by atoms with Gasteiger partial charge in [-0.25, -0.2) is 0 Å². The second-order valence-corrected chi connectivity index (χ2v) is 4.99. The zero-order valence-corrected chi connectivity index (χ0v) is 11.7. The van der Waals surface area contributed by atoms with E-state index in [4.69, 9.17) is 5.11 Å². The molecule has 0 bridgehead atoms. The normalized spacial score (nSPS) is 10.5. The summed E-state index contributed by atoms with van der Waals surface area (Å²) in [6.45, 7) is 6.41. The Morgan fingerprint density at radius 2 is 1.74 bits per heavy atom. The van der Waals surface area contributed by atoms with E-state index in [1.807, 2.05) is 45.0 Å². The van der Waals surface area contributed by atoms with Gasteiger partial charge in [-0.3, -0.25) is 9.59 Å². The zero-order valence-electron chi connectivity index (χ0n) is 11.7. The first-order valence-corrected chi connectivity index (χ1v) is 6.47. The van der Waals surface area contributed by atoms with Gasteiger partial charge in [0.2, 0.25) is 5.91 Å². The molecule has 1 aromatic carbocycles. The predicted octanol–water partition coefficient (Wildman–Crippen LogP) is 2.60. The number of carbonyl (C=O) groups excluding carboxylic acids is 1.